The molecule has 1 heterocycles. The third-order valence-corrected chi connectivity index (χ3v) is 3.41. The molecule has 0 spiro atoms. The maximum atomic E-state index is 11.6. The standard InChI is InChI=1S/C9H13NO4S/c1-3-7(2)10-15(12,13)9-5-4-8(6-11)14-9/h4-7,10H,3H2,1-2H3. The normalized spacial score (nSPS) is 13.7. The lowest BCUT2D eigenvalue weighted by atomic mass is 10.3. The number of sulfonamides is 1. The molecule has 1 N–H and O–H groups in total. The van der Waals surface area contributed by atoms with Crippen LogP contribution in [0.5, 0.6) is 0 Å². The summed E-state index contributed by atoms with van der Waals surface area (Å²) in [6.07, 6.45) is 1.14. The van der Waals surface area contributed by atoms with Crippen LogP contribution in [0.1, 0.15) is 30.8 Å². The molecule has 0 aromatic carbocycles. The molecule has 1 aromatic rings. The molecule has 1 rings (SSSR count). The van der Waals surface area contributed by atoms with E-state index in [0.717, 1.165) is 0 Å². The topological polar surface area (TPSA) is 76.4 Å². The van der Waals surface area contributed by atoms with Gasteiger partial charge in [0.2, 0.25) is 5.09 Å². The maximum Gasteiger partial charge on any atom is 0.274 e. The summed E-state index contributed by atoms with van der Waals surface area (Å²) in [5.74, 6) is -0.000438. The number of hydrogen-bond donors (Lipinski definition) is 1. The van der Waals surface area contributed by atoms with Crippen molar-refractivity contribution in [2.45, 2.75) is 31.4 Å². The van der Waals surface area contributed by atoms with Crippen molar-refractivity contribution in [3.63, 3.8) is 0 Å². The van der Waals surface area contributed by atoms with Gasteiger partial charge in [-0.05, 0) is 25.5 Å². The zero-order chi connectivity index (χ0) is 11.5. The summed E-state index contributed by atoms with van der Waals surface area (Å²) in [6, 6.07) is 2.41. The van der Waals surface area contributed by atoms with Crippen LogP contribution in [-0.4, -0.2) is 20.7 Å². The fourth-order valence-electron chi connectivity index (χ4n) is 0.948. The fourth-order valence-corrected chi connectivity index (χ4v) is 2.21. The van der Waals surface area contributed by atoms with Crippen LogP contribution in [0.25, 0.3) is 0 Å². The lowest BCUT2D eigenvalue weighted by Crippen LogP contribution is -2.31. The van der Waals surface area contributed by atoms with E-state index in [-0.39, 0.29) is 16.9 Å². The molecule has 15 heavy (non-hydrogen) atoms. The highest BCUT2D eigenvalue weighted by Gasteiger charge is 2.20. The van der Waals surface area contributed by atoms with Crippen molar-refractivity contribution in [3.8, 4) is 0 Å². The van der Waals surface area contributed by atoms with Gasteiger partial charge in [-0.2, -0.15) is 0 Å². The molecule has 1 unspecified atom stereocenters. The highest BCUT2D eigenvalue weighted by Crippen LogP contribution is 2.13. The summed E-state index contributed by atoms with van der Waals surface area (Å²) in [5.41, 5.74) is 0. The molecule has 84 valence electrons. The van der Waals surface area contributed by atoms with Gasteiger partial charge in [-0.25, -0.2) is 13.1 Å². The van der Waals surface area contributed by atoms with Gasteiger partial charge in [-0.3, -0.25) is 4.79 Å². The molecule has 1 atom stereocenters. The van der Waals surface area contributed by atoms with Crippen molar-refractivity contribution in [3.05, 3.63) is 17.9 Å². The SMILES string of the molecule is CCC(C)NS(=O)(=O)c1ccc(C=O)o1. The van der Waals surface area contributed by atoms with Gasteiger partial charge >= 0.3 is 0 Å². The van der Waals surface area contributed by atoms with Crippen LogP contribution in [0.3, 0.4) is 0 Å². The maximum absolute atomic E-state index is 11.6. The van der Waals surface area contributed by atoms with Crippen LogP contribution >= 0.6 is 0 Å². The summed E-state index contributed by atoms with van der Waals surface area (Å²) < 4.78 is 30.5. The molecule has 0 saturated carbocycles. The van der Waals surface area contributed by atoms with Crippen LogP contribution in [0, 0.1) is 0 Å². The second-order valence-corrected chi connectivity index (χ2v) is 4.85. The molecular weight excluding hydrogens is 218 g/mol. The van der Waals surface area contributed by atoms with Crippen molar-refractivity contribution in [2.24, 2.45) is 0 Å². The van der Waals surface area contributed by atoms with Crippen LogP contribution < -0.4 is 4.72 Å². The number of rotatable bonds is 5. The summed E-state index contributed by atoms with van der Waals surface area (Å²) in [6.45, 7) is 3.62. The molecule has 5 nitrogen and oxygen atoms in total. The Morgan fingerprint density at radius 2 is 2.20 bits per heavy atom. The second-order valence-electron chi connectivity index (χ2n) is 3.21. The fraction of sp³-hybridized carbons (Fsp3) is 0.444. The number of nitrogens with one attached hydrogen (secondary N) is 1. The van der Waals surface area contributed by atoms with Crippen molar-refractivity contribution < 1.29 is 17.6 Å². The third-order valence-electron chi connectivity index (χ3n) is 1.95. The highest BCUT2D eigenvalue weighted by molar-refractivity contribution is 7.89. The van der Waals surface area contributed by atoms with E-state index in [1.807, 2.05) is 6.92 Å². The zero-order valence-electron chi connectivity index (χ0n) is 8.56. The lowest BCUT2D eigenvalue weighted by molar-refractivity contribution is 0.109. The Labute approximate surface area is 88.5 Å². The van der Waals surface area contributed by atoms with Crippen LogP contribution in [-0.2, 0) is 10.0 Å². The second kappa shape index (κ2) is 4.59. The summed E-state index contributed by atoms with van der Waals surface area (Å²) >= 11 is 0. The number of carbonyl (C=O) groups is 1. The average molecular weight is 231 g/mol. The largest absolute Gasteiger partial charge is 0.440 e. The Hall–Kier alpha value is -1.14. The van der Waals surface area contributed by atoms with Crippen LogP contribution in [0.2, 0.25) is 0 Å². The number of furan rings is 1. The van der Waals surface area contributed by atoms with Crippen molar-refractivity contribution in [2.75, 3.05) is 0 Å². The number of aldehydes is 1. The molecule has 0 amide bonds. The molecule has 6 heteroatoms. The monoisotopic (exact) mass is 231 g/mol. The zero-order valence-corrected chi connectivity index (χ0v) is 9.37. The van der Waals surface area contributed by atoms with E-state index >= 15 is 0 Å². The van der Waals surface area contributed by atoms with E-state index in [4.69, 9.17) is 4.42 Å². The first-order valence-electron chi connectivity index (χ1n) is 4.57. The van der Waals surface area contributed by atoms with Crippen LogP contribution in [0.15, 0.2) is 21.6 Å². The van der Waals surface area contributed by atoms with Gasteiger partial charge in [0.15, 0.2) is 12.0 Å². The third kappa shape index (κ3) is 2.90. The molecule has 0 aliphatic carbocycles. The van der Waals surface area contributed by atoms with Gasteiger partial charge in [0, 0.05) is 6.04 Å². The first-order chi connectivity index (χ1) is 6.99. The van der Waals surface area contributed by atoms with Gasteiger partial charge in [-0.1, -0.05) is 6.92 Å². The Kier molecular flexibility index (Phi) is 3.65. The minimum atomic E-state index is -3.64. The van der Waals surface area contributed by atoms with E-state index < -0.39 is 10.0 Å². The van der Waals surface area contributed by atoms with Crippen LogP contribution in [0.4, 0.5) is 0 Å². The first kappa shape index (κ1) is 11.9. The number of carbonyl (C=O) groups excluding carboxylic acids is 1. The van der Waals surface area contributed by atoms with Crippen molar-refractivity contribution in [1.29, 1.82) is 0 Å². The smallest absolute Gasteiger partial charge is 0.274 e. The molecule has 0 bridgehead atoms. The minimum absolute atomic E-state index is 0.000438. The van der Waals surface area contributed by atoms with Crippen molar-refractivity contribution in [1.82, 2.24) is 4.72 Å². The Bertz CT molecular complexity index is 435. The summed E-state index contributed by atoms with van der Waals surface area (Å²) in [7, 11) is -3.64. The van der Waals surface area contributed by atoms with Gasteiger partial charge in [0.05, 0.1) is 0 Å². The lowest BCUT2D eigenvalue weighted by Gasteiger charge is -2.09. The highest BCUT2D eigenvalue weighted by atomic mass is 32.2. The summed E-state index contributed by atoms with van der Waals surface area (Å²) in [5, 5.41) is -0.232. The van der Waals surface area contributed by atoms with Gasteiger partial charge < -0.3 is 4.42 Å². The Morgan fingerprint density at radius 3 is 2.67 bits per heavy atom. The molecule has 0 aliphatic rings. The molecule has 1 aromatic heterocycles. The first-order valence-corrected chi connectivity index (χ1v) is 6.05. The van der Waals surface area contributed by atoms with E-state index in [9.17, 15) is 13.2 Å². The van der Waals surface area contributed by atoms with E-state index in [1.54, 1.807) is 6.92 Å². The van der Waals surface area contributed by atoms with E-state index in [1.165, 1.54) is 12.1 Å². The predicted octanol–water partition coefficient (Wildman–Crippen LogP) is 1.17. The number of hydrogen-bond acceptors (Lipinski definition) is 4. The molecular formula is C9H13NO4S. The summed E-state index contributed by atoms with van der Waals surface area (Å²) in [4.78, 5) is 10.3. The quantitative estimate of drug-likeness (QED) is 0.772. The van der Waals surface area contributed by atoms with Gasteiger partial charge in [0.25, 0.3) is 10.0 Å². The Morgan fingerprint density at radius 1 is 1.53 bits per heavy atom. The van der Waals surface area contributed by atoms with E-state index in [2.05, 4.69) is 4.72 Å². The van der Waals surface area contributed by atoms with Gasteiger partial charge in [0.1, 0.15) is 0 Å². The predicted molar refractivity (Wildman–Crippen MR) is 54.2 cm³/mol. The Balaban J connectivity index is 2.91. The average Bonchev–Trinajstić information content (AvgIpc) is 2.65. The van der Waals surface area contributed by atoms with Crippen molar-refractivity contribution >= 4 is 16.3 Å². The molecule has 0 saturated heterocycles. The molecule has 0 radical (unpaired) electrons. The van der Waals surface area contributed by atoms with E-state index in [0.29, 0.717) is 12.7 Å². The molecule has 0 fully saturated rings. The van der Waals surface area contributed by atoms with Gasteiger partial charge in [-0.15, -0.1) is 0 Å². The minimum Gasteiger partial charge on any atom is -0.440 e. The molecule has 0 aliphatic heterocycles.